The number of hydrogen-bond acceptors (Lipinski definition) is 5. The van der Waals surface area contributed by atoms with Crippen LogP contribution in [0.1, 0.15) is 15.9 Å². The number of amides is 1. The average Bonchev–Trinajstić information content (AvgIpc) is 3.17. The van der Waals surface area contributed by atoms with E-state index in [1.165, 1.54) is 22.3 Å². The summed E-state index contributed by atoms with van der Waals surface area (Å²) in [4.78, 5) is 23.2. The number of methoxy groups -OCH3 is 1. The van der Waals surface area contributed by atoms with Gasteiger partial charge >= 0.3 is 0 Å². The van der Waals surface area contributed by atoms with Crippen LogP contribution in [0.4, 0.5) is 13.9 Å². The van der Waals surface area contributed by atoms with Crippen molar-refractivity contribution in [2.24, 2.45) is 0 Å². The van der Waals surface area contributed by atoms with Crippen LogP contribution >= 0.6 is 11.3 Å². The van der Waals surface area contributed by atoms with Gasteiger partial charge in [-0.05, 0) is 42.0 Å². The van der Waals surface area contributed by atoms with Gasteiger partial charge in [-0.3, -0.25) is 14.7 Å². The Labute approximate surface area is 169 Å². The van der Waals surface area contributed by atoms with Crippen molar-refractivity contribution in [1.82, 2.24) is 9.97 Å². The number of rotatable bonds is 5. The molecule has 5 nitrogen and oxygen atoms in total. The van der Waals surface area contributed by atoms with Crippen molar-refractivity contribution < 1.29 is 18.3 Å². The minimum absolute atomic E-state index is 0.0321. The van der Waals surface area contributed by atoms with Crippen molar-refractivity contribution in [3.05, 3.63) is 83.7 Å². The van der Waals surface area contributed by atoms with E-state index in [4.69, 9.17) is 4.74 Å². The molecule has 0 unspecified atom stereocenters. The Hall–Kier alpha value is -3.39. The predicted molar refractivity (Wildman–Crippen MR) is 107 cm³/mol. The first-order valence-corrected chi connectivity index (χ1v) is 9.47. The van der Waals surface area contributed by atoms with Gasteiger partial charge in [0.2, 0.25) is 0 Å². The zero-order chi connectivity index (χ0) is 20.4. The number of fused-ring (bicyclic) bond motifs is 1. The number of carbonyl (C=O) groups excluding carboxylic acids is 1. The van der Waals surface area contributed by atoms with Gasteiger partial charge in [0.25, 0.3) is 5.91 Å². The third kappa shape index (κ3) is 3.93. The monoisotopic (exact) mass is 411 g/mol. The van der Waals surface area contributed by atoms with Gasteiger partial charge in [-0.15, -0.1) is 0 Å². The molecular formula is C21H15F2N3O2S. The molecule has 1 amide bonds. The highest BCUT2D eigenvalue weighted by Gasteiger charge is 2.23. The molecule has 0 radical (unpaired) electrons. The maximum Gasteiger partial charge on any atom is 0.260 e. The van der Waals surface area contributed by atoms with E-state index < -0.39 is 17.5 Å². The van der Waals surface area contributed by atoms with Crippen molar-refractivity contribution in [3.63, 3.8) is 0 Å². The zero-order valence-electron chi connectivity index (χ0n) is 15.3. The van der Waals surface area contributed by atoms with Gasteiger partial charge in [-0.2, -0.15) is 0 Å². The first-order chi connectivity index (χ1) is 14.0. The highest BCUT2D eigenvalue weighted by atomic mass is 32.1. The van der Waals surface area contributed by atoms with E-state index in [0.29, 0.717) is 16.4 Å². The summed E-state index contributed by atoms with van der Waals surface area (Å²) in [6.07, 6.45) is 3.27. The van der Waals surface area contributed by atoms with Crippen LogP contribution in [-0.2, 0) is 6.54 Å². The predicted octanol–water partition coefficient (Wildman–Crippen LogP) is 4.83. The van der Waals surface area contributed by atoms with Crippen LogP contribution in [0.25, 0.3) is 10.2 Å². The van der Waals surface area contributed by atoms with Crippen molar-refractivity contribution >= 4 is 32.6 Å². The van der Waals surface area contributed by atoms with E-state index in [1.54, 1.807) is 31.6 Å². The van der Waals surface area contributed by atoms with Crippen LogP contribution in [0.2, 0.25) is 0 Å². The van der Waals surface area contributed by atoms with E-state index in [2.05, 4.69) is 9.97 Å². The Morgan fingerprint density at radius 1 is 1.14 bits per heavy atom. The van der Waals surface area contributed by atoms with E-state index in [0.717, 1.165) is 22.4 Å². The first-order valence-electron chi connectivity index (χ1n) is 8.65. The first kappa shape index (κ1) is 18.9. The SMILES string of the molecule is COc1ccc2sc(N(Cc3cccnc3)C(=O)c3ccc(F)c(F)c3)nc2c1. The molecule has 0 saturated carbocycles. The van der Waals surface area contributed by atoms with Gasteiger partial charge in [-0.1, -0.05) is 17.4 Å². The van der Waals surface area contributed by atoms with Crippen LogP contribution in [0.15, 0.2) is 60.9 Å². The number of hydrogen-bond donors (Lipinski definition) is 0. The molecule has 4 aromatic rings. The number of benzene rings is 2. The summed E-state index contributed by atoms with van der Waals surface area (Å²) in [5.74, 6) is -1.92. The summed E-state index contributed by atoms with van der Waals surface area (Å²) in [5, 5.41) is 0.437. The summed E-state index contributed by atoms with van der Waals surface area (Å²) >= 11 is 1.32. The van der Waals surface area contributed by atoms with E-state index in [9.17, 15) is 13.6 Å². The van der Waals surface area contributed by atoms with Crippen LogP contribution < -0.4 is 9.64 Å². The summed E-state index contributed by atoms with van der Waals surface area (Å²) in [7, 11) is 1.57. The fraction of sp³-hybridized carbons (Fsp3) is 0.0952. The van der Waals surface area contributed by atoms with Crippen LogP contribution in [0, 0.1) is 11.6 Å². The molecule has 2 aromatic carbocycles. The maximum atomic E-state index is 13.7. The second-order valence-corrected chi connectivity index (χ2v) is 7.22. The van der Waals surface area contributed by atoms with Gasteiger partial charge in [-0.25, -0.2) is 13.8 Å². The molecule has 0 bridgehead atoms. The highest BCUT2D eigenvalue weighted by molar-refractivity contribution is 7.22. The van der Waals surface area contributed by atoms with Gasteiger partial charge in [0.1, 0.15) is 5.75 Å². The van der Waals surface area contributed by atoms with Crippen LogP contribution in [0.3, 0.4) is 0 Å². The fourth-order valence-corrected chi connectivity index (χ4v) is 3.77. The molecule has 0 atom stereocenters. The van der Waals surface area contributed by atoms with Crippen LogP contribution in [-0.4, -0.2) is 23.0 Å². The number of thiazole rings is 1. The Bertz CT molecular complexity index is 1180. The van der Waals surface area contributed by atoms with Gasteiger partial charge in [0.05, 0.1) is 23.9 Å². The number of nitrogens with zero attached hydrogens (tertiary/aromatic N) is 3. The summed E-state index contributed by atoms with van der Waals surface area (Å²) in [6, 6.07) is 12.1. The summed E-state index contributed by atoms with van der Waals surface area (Å²) in [6.45, 7) is 0.183. The lowest BCUT2D eigenvalue weighted by Gasteiger charge is -2.20. The zero-order valence-corrected chi connectivity index (χ0v) is 16.1. The second kappa shape index (κ2) is 7.92. The standard InChI is InChI=1S/C21H15F2N3O2S/c1-28-15-5-7-19-18(10-15)25-21(29-19)26(12-13-3-2-8-24-11-13)20(27)14-4-6-16(22)17(23)9-14/h2-11H,12H2,1H3. The molecule has 0 saturated heterocycles. The van der Waals surface area contributed by atoms with Crippen molar-refractivity contribution in [2.75, 3.05) is 12.0 Å². The quantitative estimate of drug-likeness (QED) is 0.472. The molecule has 0 fully saturated rings. The third-order valence-corrected chi connectivity index (χ3v) is 5.35. The highest BCUT2D eigenvalue weighted by Crippen LogP contribution is 2.32. The molecule has 29 heavy (non-hydrogen) atoms. The summed E-state index contributed by atoms with van der Waals surface area (Å²) < 4.78 is 33.1. The average molecular weight is 411 g/mol. The van der Waals surface area contributed by atoms with Crippen LogP contribution in [0.5, 0.6) is 5.75 Å². The molecule has 0 aliphatic rings. The number of aromatic nitrogens is 2. The molecule has 146 valence electrons. The van der Waals surface area contributed by atoms with E-state index in [-0.39, 0.29) is 12.1 Å². The Morgan fingerprint density at radius 3 is 2.72 bits per heavy atom. The molecule has 0 N–H and O–H groups in total. The topological polar surface area (TPSA) is 55.3 Å². The number of halogens is 2. The molecule has 0 spiro atoms. The number of pyridine rings is 1. The van der Waals surface area contributed by atoms with E-state index >= 15 is 0 Å². The molecular weight excluding hydrogens is 396 g/mol. The smallest absolute Gasteiger partial charge is 0.260 e. The molecule has 8 heteroatoms. The molecule has 2 heterocycles. The minimum Gasteiger partial charge on any atom is -0.497 e. The van der Waals surface area contributed by atoms with Gasteiger partial charge in [0.15, 0.2) is 16.8 Å². The largest absolute Gasteiger partial charge is 0.497 e. The van der Waals surface area contributed by atoms with Gasteiger partial charge in [0, 0.05) is 24.0 Å². The Morgan fingerprint density at radius 2 is 2.00 bits per heavy atom. The molecule has 2 aromatic heterocycles. The lowest BCUT2D eigenvalue weighted by Crippen LogP contribution is -2.30. The second-order valence-electron chi connectivity index (χ2n) is 6.21. The third-order valence-electron chi connectivity index (χ3n) is 4.29. The normalized spacial score (nSPS) is 10.9. The van der Waals surface area contributed by atoms with Crippen molar-refractivity contribution in [3.8, 4) is 5.75 Å². The number of carbonyl (C=O) groups is 1. The Kier molecular flexibility index (Phi) is 5.18. The molecule has 0 aliphatic heterocycles. The van der Waals surface area contributed by atoms with Gasteiger partial charge < -0.3 is 4.74 Å². The fourth-order valence-electron chi connectivity index (χ4n) is 2.82. The summed E-state index contributed by atoms with van der Waals surface area (Å²) in [5.41, 5.74) is 1.49. The molecule has 0 aliphatic carbocycles. The molecule has 4 rings (SSSR count). The van der Waals surface area contributed by atoms with E-state index in [1.807, 2.05) is 18.2 Å². The Balaban J connectivity index is 1.77. The van der Waals surface area contributed by atoms with Crippen molar-refractivity contribution in [1.29, 1.82) is 0 Å². The maximum absolute atomic E-state index is 13.7. The number of ether oxygens (including phenoxy) is 1. The lowest BCUT2D eigenvalue weighted by molar-refractivity contribution is 0.0984. The number of anilines is 1. The lowest BCUT2D eigenvalue weighted by atomic mass is 10.1. The minimum atomic E-state index is -1.08. The van der Waals surface area contributed by atoms with Crippen molar-refractivity contribution in [2.45, 2.75) is 6.54 Å².